The average Bonchev–Trinajstić information content (AvgIpc) is 2.36. The van der Waals surface area contributed by atoms with Gasteiger partial charge in [0.25, 0.3) is 0 Å². The van der Waals surface area contributed by atoms with Crippen molar-refractivity contribution in [2.45, 2.75) is 33.3 Å². The number of nitrogens with one attached hydrogen (secondary N) is 1. The quantitative estimate of drug-likeness (QED) is 0.846. The fourth-order valence-electron chi connectivity index (χ4n) is 1.71. The number of benzene rings is 1. The van der Waals surface area contributed by atoms with E-state index in [1.54, 1.807) is 6.07 Å². The van der Waals surface area contributed by atoms with E-state index in [1.807, 2.05) is 52.0 Å². The summed E-state index contributed by atoms with van der Waals surface area (Å²) < 4.78 is 6.82. The minimum Gasteiger partial charge on any atom is -0.470 e. The molecule has 2 rings (SSSR count). The lowest BCUT2D eigenvalue weighted by Crippen LogP contribution is -2.24. The maximum absolute atomic E-state index is 5.91. The Morgan fingerprint density at radius 2 is 1.90 bits per heavy atom. The molecule has 1 aromatic heterocycles. The van der Waals surface area contributed by atoms with Gasteiger partial charge in [-0.05, 0) is 57.5 Å². The first-order valence-corrected chi connectivity index (χ1v) is 7.52. The number of ether oxygens (including phenoxy) is 1. The van der Waals surface area contributed by atoms with Crippen LogP contribution in [0.25, 0.3) is 0 Å². The number of hydrogen-bond acceptors (Lipinski definition) is 4. The summed E-state index contributed by atoms with van der Waals surface area (Å²) in [4.78, 5) is 4.43. The molecule has 0 saturated heterocycles. The van der Waals surface area contributed by atoms with Crippen LogP contribution in [0.1, 0.15) is 26.3 Å². The van der Waals surface area contributed by atoms with Crippen molar-refractivity contribution in [1.82, 2.24) is 4.98 Å². The second-order valence-electron chi connectivity index (χ2n) is 5.89. The number of rotatable bonds is 3. The van der Waals surface area contributed by atoms with Crippen LogP contribution in [-0.4, -0.2) is 10.6 Å². The Morgan fingerprint density at radius 1 is 1.19 bits per heavy atom. The first-order chi connectivity index (χ1) is 9.74. The van der Waals surface area contributed by atoms with Crippen LogP contribution in [0.4, 0.5) is 17.2 Å². The van der Waals surface area contributed by atoms with Crippen molar-refractivity contribution in [2.24, 2.45) is 0 Å². The van der Waals surface area contributed by atoms with E-state index in [9.17, 15) is 0 Å². The van der Waals surface area contributed by atoms with Crippen LogP contribution in [0, 0.1) is 6.92 Å². The molecule has 0 amide bonds. The van der Waals surface area contributed by atoms with Gasteiger partial charge in [-0.25, -0.2) is 0 Å². The molecule has 0 fully saturated rings. The summed E-state index contributed by atoms with van der Waals surface area (Å²) in [7, 11) is 0. The van der Waals surface area contributed by atoms with Gasteiger partial charge in [-0.1, -0.05) is 22.0 Å². The van der Waals surface area contributed by atoms with Gasteiger partial charge in [0.15, 0.2) is 0 Å². The highest BCUT2D eigenvalue weighted by Crippen LogP contribution is 2.27. The molecule has 0 aliphatic heterocycles. The van der Waals surface area contributed by atoms with Gasteiger partial charge in [0, 0.05) is 10.2 Å². The summed E-state index contributed by atoms with van der Waals surface area (Å²) in [5, 5.41) is 3.25. The SMILES string of the molecule is Cc1ccc(Nc2ccc(N)c(OC(C)(C)C)n2)cc1Br. The van der Waals surface area contributed by atoms with Crippen LogP contribution in [0.3, 0.4) is 0 Å². The average molecular weight is 350 g/mol. The lowest BCUT2D eigenvalue weighted by atomic mass is 10.2. The number of halogens is 1. The summed E-state index contributed by atoms with van der Waals surface area (Å²) >= 11 is 3.52. The van der Waals surface area contributed by atoms with Gasteiger partial charge >= 0.3 is 0 Å². The summed E-state index contributed by atoms with van der Waals surface area (Å²) in [6, 6.07) is 9.68. The smallest absolute Gasteiger partial charge is 0.239 e. The van der Waals surface area contributed by atoms with Crippen molar-refractivity contribution in [3.05, 3.63) is 40.4 Å². The summed E-state index contributed by atoms with van der Waals surface area (Å²) in [5.41, 5.74) is 8.23. The van der Waals surface area contributed by atoms with Gasteiger partial charge in [0.1, 0.15) is 11.4 Å². The van der Waals surface area contributed by atoms with E-state index in [2.05, 4.69) is 26.2 Å². The zero-order valence-corrected chi connectivity index (χ0v) is 14.3. The normalized spacial score (nSPS) is 11.3. The molecule has 0 unspecified atom stereocenters. The van der Waals surface area contributed by atoms with Crippen LogP contribution < -0.4 is 15.8 Å². The minimum absolute atomic E-state index is 0.341. The lowest BCUT2D eigenvalue weighted by molar-refractivity contribution is 0.125. The minimum atomic E-state index is -0.341. The Balaban J connectivity index is 2.24. The Hall–Kier alpha value is -1.75. The monoisotopic (exact) mass is 349 g/mol. The first kappa shape index (κ1) is 15.6. The number of nitrogens with two attached hydrogens (primary N) is 1. The highest BCUT2D eigenvalue weighted by Gasteiger charge is 2.15. The van der Waals surface area contributed by atoms with Crippen molar-refractivity contribution >= 4 is 33.1 Å². The van der Waals surface area contributed by atoms with E-state index >= 15 is 0 Å². The van der Waals surface area contributed by atoms with E-state index in [4.69, 9.17) is 10.5 Å². The molecule has 0 spiro atoms. The van der Waals surface area contributed by atoms with Crippen molar-refractivity contribution < 1.29 is 4.74 Å². The molecule has 21 heavy (non-hydrogen) atoms. The van der Waals surface area contributed by atoms with Gasteiger partial charge in [-0.2, -0.15) is 4.98 Å². The summed E-state index contributed by atoms with van der Waals surface area (Å²) in [6.07, 6.45) is 0. The third kappa shape index (κ3) is 4.36. The van der Waals surface area contributed by atoms with Gasteiger partial charge in [-0.15, -0.1) is 0 Å². The molecule has 1 aromatic carbocycles. The molecule has 2 aromatic rings. The second kappa shape index (κ2) is 5.93. The lowest BCUT2D eigenvalue weighted by Gasteiger charge is -2.21. The largest absolute Gasteiger partial charge is 0.470 e. The maximum Gasteiger partial charge on any atom is 0.239 e. The third-order valence-electron chi connectivity index (χ3n) is 2.74. The summed E-state index contributed by atoms with van der Waals surface area (Å²) in [5.74, 6) is 1.14. The molecule has 0 saturated carbocycles. The standard InChI is InChI=1S/C16H20BrN3O/c1-10-5-6-11(9-12(10)17)19-14-8-7-13(18)15(20-14)21-16(2,3)4/h5-9H,18H2,1-4H3,(H,19,20). The van der Waals surface area contributed by atoms with Gasteiger partial charge in [-0.3, -0.25) is 0 Å². The first-order valence-electron chi connectivity index (χ1n) is 6.73. The van der Waals surface area contributed by atoms with Crippen molar-refractivity contribution in [1.29, 1.82) is 0 Å². The van der Waals surface area contributed by atoms with E-state index in [0.29, 0.717) is 17.4 Å². The van der Waals surface area contributed by atoms with Gasteiger partial charge in [0.2, 0.25) is 5.88 Å². The Bertz CT molecular complexity index is 650. The van der Waals surface area contributed by atoms with Crippen LogP contribution in [0.15, 0.2) is 34.8 Å². The zero-order chi connectivity index (χ0) is 15.6. The molecule has 112 valence electrons. The topological polar surface area (TPSA) is 60.2 Å². The zero-order valence-electron chi connectivity index (χ0n) is 12.7. The van der Waals surface area contributed by atoms with Crippen LogP contribution in [-0.2, 0) is 0 Å². The molecular weight excluding hydrogens is 330 g/mol. The Kier molecular flexibility index (Phi) is 4.42. The van der Waals surface area contributed by atoms with E-state index < -0.39 is 0 Å². The number of nitrogen functional groups attached to an aromatic ring is 1. The fraction of sp³-hybridized carbons (Fsp3) is 0.312. The molecule has 0 radical (unpaired) electrons. The molecule has 5 heteroatoms. The van der Waals surface area contributed by atoms with Crippen LogP contribution in [0.5, 0.6) is 5.88 Å². The number of anilines is 3. The molecule has 0 aliphatic carbocycles. The van der Waals surface area contributed by atoms with Crippen molar-refractivity contribution in [2.75, 3.05) is 11.1 Å². The number of aryl methyl sites for hydroxylation is 1. The van der Waals surface area contributed by atoms with Crippen LogP contribution >= 0.6 is 15.9 Å². The molecule has 0 atom stereocenters. The van der Waals surface area contributed by atoms with Crippen LogP contribution in [0.2, 0.25) is 0 Å². The molecule has 3 N–H and O–H groups in total. The Labute approximate surface area is 133 Å². The van der Waals surface area contributed by atoms with E-state index in [0.717, 1.165) is 10.2 Å². The predicted molar refractivity (Wildman–Crippen MR) is 91.2 cm³/mol. The number of aromatic nitrogens is 1. The summed E-state index contributed by atoms with van der Waals surface area (Å²) in [6.45, 7) is 7.94. The molecular formula is C16H20BrN3O. The maximum atomic E-state index is 5.91. The predicted octanol–water partition coefficient (Wildman–Crippen LogP) is 4.66. The third-order valence-corrected chi connectivity index (χ3v) is 3.59. The van der Waals surface area contributed by atoms with Crippen molar-refractivity contribution in [3.8, 4) is 5.88 Å². The molecule has 1 heterocycles. The van der Waals surface area contributed by atoms with Crippen molar-refractivity contribution in [3.63, 3.8) is 0 Å². The molecule has 0 bridgehead atoms. The van der Waals surface area contributed by atoms with Gasteiger partial charge in [0.05, 0.1) is 5.69 Å². The fourth-order valence-corrected chi connectivity index (χ4v) is 2.09. The second-order valence-corrected chi connectivity index (χ2v) is 6.75. The van der Waals surface area contributed by atoms with E-state index in [1.165, 1.54) is 5.56 Å². The number of hydrogen-bond donors (Lipinski definition) is 2. The highest BCUT2D eigenvalue weighted by molar-refractivity contribution is 9.10. The number of pyridine rings is 1. The molecule has 4 nitrogen and oxygen atoms in total. The highest BCUT2D eigenvalue weighted by atomic mass is 79.9. The number of nitrogens with zero attached hydrogens (tertiary/aromatic N) is 1. The van der Waals surface area contributed by atoms with E-state index in [-0.39, 0.29) is 5.60 Å². The Morgan fingerprint density at radius 3 is 2.52 bits per heavy atom. The molecule has 0 aliphatic rings. The van der Waals surface area contributed by atoms with Gasteiger partial charge < -0.3 is 15.8 Å².